The maximum atomic E-state index is 13.1. The van der Waals surface area contributed by atoms with Crippen LogP contribution in [0.15, 0.2) is 18.2 Å². The summed E-state index contributed by atoms with van der Waals surface area (Å²) in [6.45, 7) is 16.9. The summed E-state index contributed by atoms with van der Waals surface area (Å²) >= 11 is 0. The van der Waals surface area contributed by atoms with Gasteiger partial charge in [0.25, 0.3) is 0 Å². The van der Waals surface area contributed by atoms with E-state index in [0.29, 0.717) is 13.2 Å². The molecule has 2 aliphatic rings. The number of nitrogens with zero attached hydrogens (tertiary/aromatic N) is 1. The van der Waals surface area contributed by atoms with Gasteiger partial charge in [0.05, 0.1) is 35.6 Å². The molecule has 2 aliphatic heterocycles. The van der Waals surface area contributed by atoms with Crippen molar-refractivity contribution in [2.75, 3.05) is 6.61 Å². The smallest absolute Gasteiger partial charge is 0.443 e. The summed E-state index contributed by atoms with van der Waals surface area (Å²) in [5, 5.41) is 1.03. The van der Waals surface area contributed by atoms with Crippen LogP contribution in [0.3, 0.4) is 0 Å². The first-order valence-corrected chi connectivity index (χ1v) is 10.6. The molecule has 30 heavy (non-hydrogen) atoms. The van der Waals surface area contributed by atoms with E-state index in [1.165, 1.54) is 0 Å². The predicted molar refractivity (Wildman–Crippen MR) is 117 cm³/mol. The average Bonchev–Trinajstić information content (AvgIpc) is 3.04. The van der Waals surface area contributed by atoms with Crippen molar-refractivity contribution >= 4 is 29.6 Å². The van der Waals surface area contributed by atoms with Crippen LogP contribution in [0.25, 0.3) is 10.9 Å². The van der Waals surface area contributed by atoms with E-state index in [9.17, 15) is 4.79 Å². The van der Waals surface area contributed by atoms with Gasteiger partial charge in [0.15, 0.2) is 0 Å². The predicted octanol–water partition coefficient (Wildman–Crippen LogP) is 4.36. The van der Waals surface area contributed by atoms with Crippen LogP contribution in [0.1, 0.15) is 72.6 Å². The fourth-order valence-corrected chi connectivity index (χ4v) is 4.14. The molecule has 1 fully saturated rings. The van der Waals surface area contributed by atoms with Crippen molar-refractivity contribution in [2.24, 2.45) is 0 Å². The van der Waals surface area contributed by atoms with Gasteiger partial charge in [-0.2, -0.15) is 0 Å². The van der Waals surface area contributed by atoms with Crippen LogP contribution < -0.4 is 5.46 Å². The fraction of sp³-hybridized carbons (Fsp3) is 0.609. The topological polar surface area (TPSA) is 58.9 Å². The van der Waals surface area contributed by atoms with Crippen molar-refractivity contribution < 1.29 is 23.6 Å². The minimum atomic E-state index is -0.579. The zero-order valence-electron chi connectivity index (χ0n) is 19.3. The van der Waals surface area contributed by atoms with Crippen molar-refractivity contribution in [3.05, 3.63) is 29.5 Å². The highest BCUT2D eigenvalue weighted by atomic mass is 16.7. The zero-order chi connectivity index (χ0) is 22.1. The van der Waals surface area contributed by atoms with Crippen LogP contribution in [0, 0.1) is 0 Å². The number of fused-ring (bicyclic) bond motifs is 3. The largest absolute Gasteiger partial charge is 0.494 e. The molecule has 0 saturated carbocycles. The van der Waals surface area contributed by atoms with Gasteiger partial charge in [0, 0.05) is 11.3 Å². The molecule has 6 nitrogen and oxygen atoms in total. The van der Waals surface area contributed by atoms with Gasteiger partial charge in [0.2, 0.25) is 0 Å². The van der Waals surface area contributed by atoms with Crippen molar-refractivity contribution in [2.45, 2.75) is 84.7 Å². The lowest BCUT2D eigenvalue weighted by Gasteiger charge is -2.32. The summed E-state index contributed by atoms with van der Waals surface area (Å²) < 4.78 is 25.6. The molecule has 162 valence electrons. The normalized spacial score (nSPS) is 22.9. The van der Waals surface area contributed by atoms with Crippen LogP contribution in [0.5, 0.6) is 0 Å². The highest BCUT2D eigenvalue weighted by Gasteiger charge is 2.51. The summed E-state index contributed by atoms with van der Waals surface area (Å²) in [5.41, 5.74) is 2.38. The van der Waals surface area contributed by atoms with Crippen LogP contribution in [0.2, 0.25) is 0 Å². The Labute approximate surface area is 179 Å². The van der Waals surface area contributed by atoms with E-state index in [2.05, 4.69) is 13.0 Å². The third-order valence-electron chi connectivity index (χ3n) is 6.33. The highest BCUT2D eigenvalue weighted by Crippen LogP contribution is 2.39. The van der Waals surface area contributed by atoms with Crippen molar-refractivity contribution in [1.82, 2.24) is 4.57 Å². The molecule has 0 N–H and O–H groups in total. The summed E-state index contributed by atoms with van der Waals surface area (Å²) in [7, 11) is -0.449. The molecule has 7 heteroatoms. The quantitative estimate of drug-likeness (QED) is 0.651. The van der Waals surface area contributed by atoms with Crippen molar-refractivity contribution in [3.63, 3.8) is 0 Å². The Bertz CT molecular complexity index is 985. The van der Waals surface area contributed by atoms with E-state index in [0.717, 1.165) is 27.6 Å². The number of rotatable bonds is 1. The van der Waals surface area contributed by atoms with Crippen molar-refractivity contribution in [1.29, 1.82) is 0 Å². The van der Waals surface area contributed by atoms with Gasteiger partial charge in [-0.15, -0.1) is 0 Å². The molecule has 0 amide bonds. The monoisotopic (exact) mass is 413 g/mol. The Morgan fingerprint density at radius 3 is 2.40 bits per heavy atom. The summed E-state index contributed by atoms with van der Waals surface area (Å²) in [5.74, 6) is 0.175. The standard InChI is InChI=1S/C23H32BNO5/c1-14-12-27-13-18-19(14)16-11-15(24-29-22(5,6)23(7,8)30-24)9-10-17(16)25(18)20(26)28-21(2,3)4/h9-11,14H,12-13H2,1-8H3. The molecule has 1 aromatic heterocycles. The first kappa shape index (κ1) is 21.4. The average molecular weight is 413 g/mol. The number of ether oxygens (including phenoxy) is 2. The molecular formula is C23H32BNO5. The summed E-state index contributed by atoms with van der Waals surface area (Å²) in [6, 6.07) is 6.03. The second kappa shape index (κ2) is 6.84. The number of aromatic nitrogens is 1. The second-order valence-electron chi connectivity index (χ2n) is 10.5. The Morgan fingerprint density at radius 1 is 1.17 bits per heavy atom. The maximum Gasteiger partial charge on any atom is 0.494 e. The van der Waals surface area contributed by atoms with E-state index >= 15 is 0 Å². The lowest BCUT2D eigenvalue weighted by Crippen LogP contribution is -2.41. The third kappa shape index (κ3) is 3.47. The molecule has 1 aromatic carbocycles. The number of carbonyl (C=O) groups excluding carboxylic acids is 1. The summed E-state index contributed by atoms with van der Waals surface area (Å²) in [6.07, 6.45) is -0.380. The van der Waals surface area contributed by atoms with Gasteiger partial charge in [-0.25, -0.2) is 9.36 Å². The van der Waals surface area contributed by atoms with E-state index in [1.807, 2.05) is 60.6 Å². The van der Waals surface area contributed by atoms with Crippen LogP contribution >= 0.6 is 0 Å². The van der Waals surface area contributed by atoms with Crippen LogP contribution in [-0.2, 0) is 25.4 Å². The molecule has 1 saturated heterocycles. The molecule has 0 aliphatic carbocycles. The van der Waals surface area contributed by atoms with Gasteiger partial charge in [0.1, 0.15) is 5.60 Å². The number of benzene rings is 1. The Morgan fingerprint density at radius 2 is 1.80 bits per heavy atom. The lowest BCUT2D eigenvalue weighted by molar-refractivity contribution is 0.00578. The maximum absolute atomic E-state index is 13.1. The second-order valence-corrected chi connectivity index (χ2v) is 10.5. The minimum Gasteiger partial charge on any atom is -0.443 e. The number of hydrogen-bond acceptors (Lipinski definition) is 5. The third-order valence-corrected chi connectivity index (χ3v) is 6.33. The van der Waals surface area contributed by atoms with E-state index in [4.69, 9.17) is 18.8 Å². The lowest BCUT2D eigenvalue weighted by atomic mass is 9.78. The first-order valence-electron chi connectivity index (χ1n) is 10.6. The first-order chi connectivity index (χ1) is 13.8. The molecule has 0 spiro atoms. The highest BCUT2D eigenvalue weighted by molar-refractivity contribution is 6.62. The van der Waals surface area contributed by atoms with E-state index in [1.54, 1.807) is 4.57 Å². The van der Waals surface area contributed by atoms with Gasteiger partial charge >= 0.3 is 13.2 Å². The molecule has 3 heterocycles. The molecule has 2 aromatic rings. The number of hydrogen-bond donors (Lipinski definition) is 0. The molecule has 4 rings (SSSR count). The Hall–Kier alpha value is -1.83. The van der Waals surface area contributed by atoms with Gasteiger partial charge in [-0.1, -0.05) is 19.1 Å². The molecule has 0 bridgehead atoms. The Kier molecular flexibility index (Phi) is 4.88. The van der Waals surface area contributed by atoms with E-state index in [-0.39, 0.29) is 12.0 Å². The Balaban J connectivity index is 1.83. The fourth-order valence-electron chi connectivity index (χ4n) is 4.14. The number of carbonyl (C=O) groups is 1. The van der Waals surface area contributed by atoms with Gasteiger partial charge in [-0.05, 0) is 65.6 Å². The van der Waals surface area contributed by atoms with E-state index < -0.39 is 23.9 Å². The molecule has 1 atom stereocenters. The minimum absolute atomic E-state index is 0.175. The van der Waals surface area contributed by atoms with Crippen LogP contribution in [-0.4, -0.2) is 41.2 Å². The van der Waals surface area contributed by atoms with Crippen LogP contribution in [0.4, 0.5) is 4.79 Å². The molecule has 1 unspecified atom stereocenters. The molecular weight excluding hydrogens is 381 g/mol. The zero-order valence-corrected chi connectivity index (χ0v) is 19.3. The van der Waals surface area contributed by atoms with Gasteiger partial charge in [-0.3, -0.25) is 0 Å². The molecule has 0 radical (unpaired) electrons. The van der Waals surface area contributed by atoms with Crippen molar-refractivity contribution in [3.8, 4) is 0 Å². The summed E-state index contributed by atoms with van der Waals surface area (Å²) in [4.78, 5) is 13.1. The van der Waals surface area contributed by atoms with Gasteiger partial charge < -0.3 is 18.8 Å². The SMILES string of the molecule is CC1COCc2c1c1cc(B3OC(C)(C)C(C)(C)O3)ccc1n2C(=O)OC(C)(C)C.